The number of nitrogens with zero attached hydrogens (tertiary/aromatic N) is 1. The van der Waals surface area contributed by atoms with Crippen molar-refractivity contribution >= 4 is 0 Å². The van der Waals surface area contributed by atoms with Gasteiger partial charge in [-0.05, 0) is 38.6 Å². The highest BCUT2D eigenvalue weighted by atomic mass is 16.5. The van der Waals surface area contributed by atoms with Crippen LogP contribution >= 0.6 is 0 Å². The first kappa shape index (κ1) is 23.1. The number of rotatable bonds is 7. The van der Waals surface area contributed by atoms with Crippen molar-refractivity contribution in [3.8, 4) is 0 Å². The first-order chi connectivity index (χ1) is 15.9. The van der Waals surface area contributed by atoms with Gasteiger partial charge in [0.1, 0.15) is 0 Å². The van der Waals surface area contributed by atoms with Gasteiger partial charge in [-0.15, -0.1) is 0 Å². The summed E-state index contributed by atoms with van der Waals surface area (Å²) in [7, 11) is 5.43. The highest BCUT2D eigenvalue weighted by molar-refractivity contribution is 5.35. The van der Waals surface area contributed by atoms with E-state index >= 15 is 0 Å². The van der Waals surface area contributed by atoms with Crippen LogP contribution in [0.4, 0.5) is 0 Å². The molecule has 0 aromatic heterocycles. The smallest absolute Gasteiger partial charge is 0.0830 e. The summed E-state index contributed by atoms with van der Waals surface area (Å²) >= 11 is 0. The van der Waals surface area contributed by atoms with Crippen LogP contribution in [0.5, 0.6) is 0 Å². The van der Waals surface area contributed by atoms with Crippen LogP contribution in [-0.4, -0.2) is 98.8 Å². The van der Waals surface area contributed by atoms with Crippen molar-refractivity contribution in [2.24, 2.45) is 40.4 Å². The SMILES string of the molecule is CCO[C@]12C[C@H](OC)[C@H]3C[C@H]([C@@H]1[C@H]3O)[C@@]13C4[C@@H]2[C@H](O)[C@@H]1[C@@](COC)(CC[C@@H]3OC)CN4CC. The van der Waals surface area contributed by atoms with E-state index in [0.29, 0.717) is 13.2 Å². The standard InChI is InChI=1S/C26H43NO6/c1-6-27-12-24(13-30-3)9-8-17(32-5)26-15-10-14-16(31-4)11-25(33-7-2,18(15)20(14)28)19(23(26)27)21(29)22(24)26/h14-23,28-29H,6-13H2,1-5H3/t14-,15-,16+,17+,18-,19+,20+,21+,22-,23?,24+,25-,26+/m1/s1. The fourth-order valence-electron chi connectivity index (χ4n) is 11.2. The molecule has 7 heteroatoms. The number of hydrogen-bond acceptors (Lipinski definition) is 7. The Morgan fingerprint density at radius 2 is 1.82 bits per heavy atom. The van der Waals surface area contributed by atoms with Crippen LogP contribution in [-0.2, 0) is 18.9 Å². The Bertz CT molecular complexity index is 782. The molecule has 0 amide bonds. The van der Waals surface area contributed by atoms with E-state index in [9.17, 15) is 10.2 Å². The van der Waals surface area contributed by atoms with Crippen LogP contribution in [0.25, 0.3) is 0 Å². The molecule has 5 saturated carbocycles. The molecule has 0 radical (unpaired) electrons. The number of hydrogen-bond donors (Lipinski definition) is 2. The van der Waals surface area contributed by atoms with Crippen molar-refractivity contribution in [2.45, 2.75) is 75.6 Å². The maximum atomic E-state index is 12.4. The van der Waals surface area contributed by atoms with E-state index in [1.165, 1.54) is 0 Å². The zero-order valence-electron chi connectivity index (χ0n) is 20.9. The van der Waals surface area contributed by atoms with E-state index in [1.54, 1.807) is 14.2 Å². The van der Waals surface area contributed by atoms with Crippen LogP contribution in [0.1, 0.15) is 39.5 Å². The highest BCUT2D eigenvalue weighted by Crippen LogP contribution is 2.79. The number of likely N-dealkylation sites (tertiary alicyclic amines) is 1. The van der Waals surface area contributed by atoms with Gasteiger partial charge in [0.15, 0.2) is 0 Å². The van der Waals surface area contributed by atoms with Crippen molar-refractivity contribution < 1.29 is 29.2 Å². The second kappa shape index (κ2) is 7.61. The predicted molar refractivity (Wildman–Crippen MR) is 122 cm³/mol. The Morgan fingerprint density at radius 3 is 2.45 bits per heavy atom. The van der Waals surface area contributed by atoms with Crippen molar-refractivity contribution in [3.05, 3.63) is 0 Å². The molecule has 5 aliphatic carbocycles. The quantitative estimate of drug-likeness (QED) is 0.590. The summed E-state index contributed by atoms with van der Waals surface area (Å²) < 4.78 is 25.0. The summed E-state index contributed by atoms with van der Waals surface area (Å²) in [5.74, 6) is 0.410. The van der Waals surface area contributed by atoms with Gasteiger partial charge in [-0.1, -0.05) is 6.92 Å². The van der Waals surface area contributed by atoms with E-state index < -0.39 is 17.8 Å². The van der Waals surface area contributed by atoms with Gasteiger partial charge in [0, 0.05) is 81.4 Å². The molecule has 0 aromatic rings. The normalized spacial score (nSPS) is 58.6. The van der Waals surface area contributed by atoms with Crippen molar-refractivity contribution in [2.75, 3.05) is 47.6 Å². The largest absolute Gasteiger partial charge is 0.392 e. The number of aliphatic hydroxyl groups excluding tert-OH is 2. The molecular weight excluding hydrogens is 422 g/mol. The van der Waals surface area contributed by atoms with Crippen molar-refractivity contribution in [3.63, 3.8) is 0 Å². The van der Waals surface area contributed by atoms with Gasteiger partial charge < -0.3 is 29.2 Å². The lowest BCUT2D eigenvalue weighted by atomic mass is 9.43. The van der Waals surface area contributed by atoms with Gasteiger partial charge in [0.2, 0.25) is 0 Å². The summed E-state index contributed by atoms with van der Waals surface area (Å²) in [6.07, 6.45) is 2.74. The Kier molecular flexibility index (Phi) is 5.34. The van der Waals surface area contributed by atoms with E-state index in [-0.39, 0.29) is 58.7 Å². The minimum absolute atomic E-state index is 0.0163. The Labute approximate surface area is 198 Å². The average molecular weight is 466 g/mol. The Hall–Kier alpha value is -0.280. The molecule has 13 atom stereocenters. The molecule has 1 saturated heterocycles. The van der Waals surface area contributed by atoms with E-state index in [4.69, 9.17) is 18.9 Å². The van der Waals surface area contributed by atoms with Crippen LogP contribution in [0.2, 0.25) is 0 Å². The molecule has 1 heterocycles. The van der Waals surface area contributed by atoms with E-state index in [1.807, 2.05) is 7.11 Å². The lowest BCUT2D eigenvalue weighted by Gasteiger charge is -2.69. The third-order valence-corrected chi connectivity index (χ3v) is 11.5. The summed E-state index contributed by atoms with van der Waals surface area (Å²) in [4.78, 5) is 2.64. The maximum absolute atomic E-state index is 12.4. The minimum atomic E-state index is -0.575. The molecule has 188 valence electrons. The molecule has 1 spiro atoms. The monoisotopic (exact) mass is 465 g/mol. The van der Waals surface area contributed by atoms with Gasteiger partial charge in [0.05, 0.1) is 36.6 Å². The van der Waals surface area contributed by atoms with Gasteiger partial charge in [-0.2, -0.15) is 0 Å². The van der Waals surface area contributed by atoms with Crippen molar-refractivity contribution in [1.82, 2.24) is 4.90 Å². The molecule has 2 N–H and O–H groups in total. The number of piperidine rings is 1. The fourth-order valence-corrected chi connectivity index (χ4v) is 11.2. The maximum Gasteiger partial charge on any atom is 0.0830 e. The first-order valence-corrected chi connectivity index (χ1v) is 13.2. The fraction of sp³-hybridized carbons (Fsp3) is 1.00. The van der Waals surface area contributed by atoms with Gasteiger partial charge in [-0.3, -0.25) is 4.90 Å². The molecule has 7 nitrogen and oxygen atoms in total. The number of aliphatic hydroxyl groups is 2. The molecular formula is C26H43NO6. The molecule has 6 fully saturated rings. The molecule has 6 rings (SSSR count). The van der Waals surface area contributed by atoms with Crippen LogP contribution in [0.3, 0.4) is 0 Å². The zero-order chi connectivity index (χ0) is 23.3. The van der Waals surface area contributed by atoms with Crippen molar-refractivity contribution in [1.29, 1.82) is 0 Å². The van der Waals surface area contributed by atoms with Crippen LogP contribution < -0.4 is 0 Å². The molecule has 1 aliphatic heterocycles. The number of fused-ring (bicyclic) bond motifs is 2. The summed E-state index contributed by atoms with van der Waals surface area (Å²) in [6.45, 7) is 7.43. The molecule has 7 bridgehead atoms. The highest BCUT2D eigenvalue weighted by Gasteiger charge is 2.86. The summed E-state index contributed by atoms with van der Waals surface area (Å²) in [5, 5.41) is 24.1. The molecule has 1 unspecified atom stereocenters. The minimum Gasteiger partial charge on any atom is -0.392 e. The Balaban J connectivity index is 1.63. The summed E-state index contributed by atoms with van der Waals surface area (Å²) in [6, 6.07) is 0.187. The second-order valence-corrected chi connectivity index (χ2v) is 11.9. The molecule has 33 heavy (non-hydrogen) atoms. The van der Waals surface area contributed by atoms with E-state index in [2.05, 4.69) is 18.7 Å². The number of ether oxygens (including phenoxy) is 4. The topological polar surface area (TPSA) is 80.6 Å². The lowest BCUT2D eigenvalue weighted by Crippen LogP contribution is -2.76. The first-order valence-electron chi connectivity index (χ1n) is 13.2. The average Bonchev–Trinajstić information content (AvgIpc) is 3.18. The van der Waals surface area contributed by atoms with Crippen LogP contribution in [0.15, 0.2) is 0 Å². The van der Waals surface area contributed by atoms with Gasteiger partial charge in [0.25, 0.3) is 0 Å². The third-order valence-electron chi connectivity index (χ3n) is 11.5. The predicted octanol–water partition coefficient (Wildman–Crippen LogP) is 1.55. The van der Waals surface area contributed by atoms with E-state index in [0.717, 1.165) is 38.8 Å². The zero-order valence-corrected chi connectivity index (χ0v) is 20.9. The Morgan fingerprint density at radius 1 is 1.03 bits per heavy atom. The third kappa shape index (κ3) is 2.41. The number of methoxy groups -OCH3 is 3. The second-order valence-electron chi connectivity index (χ2n) is 11.9. The summed E-state index contributed by atoms with van der Waals surface area (Å²) in [5.41, 5.74) is -0.873. The van der Waals surface area contributed by atoms with Gasteiger partial charge in [-0.25, -0.2) is 0 Å². The lowest BCUT2D eigenvalue weighted by molar-refractivity contribution is -0.285. The van der Waals surface area contributed by atoms with Gasteiger partial charge >= 0.3 is 0 Å². The molecule has 0 aromatic carbocycles. The van der Waals surface area contributed by atoms with Crippen LogP contribution in [0, 0.1) is 40.4 Å². The molecule has 6 aliphatic rings.